The Balaban J connectivity index is 2.04. The lowest BCUT2D eigenvalue weighted by Crippen LogP contribution is -2.50. The van der Waals surface area contributed by atoms with Gasteiger partial charge < -0.3 is 24.7 Å². The number of ether oxygens (including phenoxy) is 1. The Labute approximate surface area is 105 Å². The fourth-order valence-electron chi connectivity index (χ4n) is 2.45. The molecule has 7 heteroatoms. The topological polar surface area (TPSA) is 90.3 Å². The average molecular weight is 258 g/mol. The maximum Gasteiger partial charge on any atom is 0.326 e. The summed E-state index contributed by atoms with van der Waals surface area (Å²) in [5.74, 6) is -1.07. The Hall–Kier alpha value is -1.34. The second-order valence-electron chi connectivity index (χ2n) is 4.81. The first-order valence-electron chi connectivity index (χ1n) is 6.02. The minimum atomic E-state index is -1.07. The van der Waals surface area contributed by atoms with E-state index < -0.39 is 18.1 Å². The summed E-state index contributed by atoms with van der Waals surface area (Å²) in [6.45, 7) is 1.18. The minimum Gasteiger partial charge on any atom is -0.480 e. The molecule has 102 valence electrons. The summed E-state index contributed by atoms with van der Waals surface area (Å²) in [6.07, 6.45) is 0.0928. The first-order valence-corrected chi connectivity index (χ1v) is 6.02. The van der Waals surface area contributed by atoms with Crippen molar-refractivity contribution in [1.82, 2.24) is 9.80 Å². The van der Waals surface area contributed by atoms with Crippen LogP contribution in [0.3, 0.4) is 0 Å². The van der Waals surface area contributed by atoms with Crippen LogP contribution < -0.4 is 0 Å². The Morgan fingerprint density at radius 1 is 1.44 bits per heavy atom. The van der Waals surface area contributed by atoms with Crippen LogP contribution in [-0.4, -0.2) is 77.0 Å². The number of β-amino-alcohol motifs (C(OH)–C–C–N with tert-alkyl or cyclic N) is 1. The van der Waals surface area contributed by atoms with Gasteiger partial charge >= 0.3 is 12.0 Å². The molecular weight excluding hydrogens is 240 g/mol. The zero-order valence-electron chi connectivity index (χ0n) is 10.3. The zero-order chi connectivity index (χ0) is 13.3. The summed E-state index contributed by atoms with van der Waals surface area (Å²) < 4.78 is 5.21. The van der Waals surface area contributed by atoms with Crippen molar-refractivity contribution >= 4 is 12.0 Å². The Morgan fingerprint density at radius 3 is 2.72 bits per heavy atom. The molecule has 2 heterocycles. The van der Waals surface area contributed by atoms with Gasteiger partial charge in [-0.2, -0.15) is 0 Å². The predicted octanol–water partition coefficient (Wildman–Crippen LogP) is -0.653. The van der Waals surface area contributed by atoms with Gasteiger partial charge in [0, 0.05) is 26.6 Å². The molecule has 0 bridgehead atoms. The predicted molar refractivity (Wildman–Crippen MR) is 61.1 cm³/mol. The number of carboxylic acids is 1. The van der Waals surface area contributed by atoms with E-state index in [0.29, 0.717) is 13.2 Å². The number of carbonyl (C=O) groups excluding carboxylic acids is 1. The number of urea groups is 1. The van der Waals surface area contributed by atoms with Crippen molar-refractivity contribution in [2.24, 2.45) is 0 Å². The number of likely N-dealkylation sites (N-methyl/N-ethyl adjacent to an activating group) is 1. The average Bonchev–Trinajstić information content (AvgIpc) is 2.95. The second kappa shape index (κ2) is 5.11. The van der Waals surface area contributed by atoms with Gasteiger partial charge in [0.25, 0.3) is 0 Å². The molecule has 2 aliphatic heterocycles. The number of carbonyl (C=O) groups is 2. The second-order valence-corrected chi connectivity index (χ2v) is 4.81. The first kappa shape index (κ1) is 13.1. The molecule has 3 atom stereocenters. The van der Waals surface area contributed by atoms with Crippen molar-refractivity contribution < 1.29 is 24.5 Å². The number of amides is 2. The number of aliphatic hydroxyl groups is 1. The lowest BCUT2D eigenvalue weighted by molar-refractivity contribution is -0.141. The highest BCUT2D eigenvalue weighted by molar-refractivity contribution is 5.83. The third kappa shape index (κ3) is 2.41. The SMILES string of the molecule is CN(C(=O)N1C[C@H](O)C[C@@H]1C(=O)O)C1CCOC1. The monoisotopic (exact) mass is 258 g/mol. The van der Waals surface area contributed by atoms with E-state index in [1.54, 1.807) is 7.05 Å². The van der Waals surface area contributed by atoms with Crippen LogP contribution >= 0.6 is 0 Å². The summed E-state index contributed by atoms with van der Waals surface area (Å²) in [4.78, 5) is 26.0. The van der Waals surface area contributed by atoms with E-state index in [-0.39, 0.29) is 25.0 Å². The number of nitrogens with zero attached hydrogens (tertiary/aromatic N) is 2. The molecular formula is C11H18N2O5. The van der Waals surface area contributed by atoms with Gasteiger partial charge in [-0.3, -0.25) is 0 Å². The van der Waals surface area contributed by atoms with Crippen molar-refractivity contribution in [2.75, 3.05) is 26.8 Å². The van der Waals surface area contributed by atoms with Gasteiger partial charge in [0.15, 0.2) is 0 Å². The lowest BCUT2D eigenvalue weighted by atomic mass is 10.2. The smallest absolute Gasteiger partial charge is 0.326 e. The molecule has 0 spiro atoms. The third-order valence-corrected chi connectivity index (χ3v) is 3.56. The fraction of sp³-hybridized carbons (Fsp3) is 0.818. The molecule has 0 radical (unpaired) electrons. The fourth-order valence-corrected chi connectivity index (χ4v) is 2.45. The maximum atomic E-state index is 12.2. The van der Waals surface area contributed by atoms with Gasteiger partial charge in [-0.1, -0.05) is 0 Å². The van der Waals surface area contributed by atoms with E-state index in [2.05, 4.69) is 0 Å². The zero-order valence-corrected chi connectivity index (χ0v) is 10.3. The van der Waals surface area contributed by atoms with Crippen LogP contribution in [0.25, 0.3) is 0 Å². The Bertz CT molecular complexity index is 342. The molecule has 0 aliphatic carbocycles. The van der Waals surface area contributed by atoms with Crippen molar-refractivity contribution in [1.29, 1.82) is 0 Å². The molecule has 2 aliphatic rings. The number of likely N-dealkylation sites (tertiary alicyclic amines) is 1. The van der Waals surface area contributed by atoms with Gasteiger partial charge in [-0.05, 0) is 6.42 Å². The Morgan fingerprint density at radius 2 is 2.17 bits per heavy atom. The summed E-state index contributed by atoms with van der Waals surface area (Å²) in [5, 5.41) is 18.6. The third-order valence-electron chi connectivity index (χ3n) is 3.56. The summed E-state index contributed by atoms with van der Waals surface area (Å²) in [7, 11) is 1.64. The Kier molecular flexibility index (Phi) is 3.72. The number of hydrogen-bond donors (Lipinski definition) is 2. The number of aliphatic hydroxyl groups excluding tert-OH is 1. The van der Waals surface area contributed by atoms with E-state index in [1.807, 2.05) is 0 Å². The molecule has 7 nitrogen and oxygen atoms in total. The van der Waals surface area contributed by atoms with Crippen molar-refractivity contribution in [3.63, 3.8) is 0 Å². The standard InChI is InChI=1S/C11H18N2O5/c1-12(7-2-3-18-6-7)11(17)13-5-8(14)4-9(13)10(15)16/h7-9,14H,2-6H2,1H3,(H,15,16)/t7?,8-,9-/m1/s1. The molecule has 2 N–H and O–H groups in total. The van der Waals surface area contributed by atoms with Gasteiger partial charge in [0.2, 0.25) is 0 Å². The van der Waals surface area contributed by atoms with Gasteiger partial charge in [-0.15, -0.1) is 0 Å². The normalized spacial score (nSPS) is 31.7. The molecule has 1 unspecified atom stereocenters. The quantitative estimate of drug-likeness (QED) is 0.686. The van der Waals surface area contributed by atoms with Gasteiger partial charge in [0.05, 0.1) is 18.8 Å². The number of rotatable bonds is 2. The van der Waals surface area contributed by atoms with Crippen LogP contribution in [0, 0.1) is 0 Å². The van der Waals surface area contributed by atoms with Crippen molar-refractivity contribution in [2.45, 2.75) is 31.0 Å². The molecule has 2 rings (SSSR count). The number of carboxylic acid groups (broad SMARTS) is 1. The van der Waals surface area contributed by atoms with Gasteiger partial charge in [0.1, 0.15) is 6.04 Å². The summed E-state index contributed by atoms with van der Waals surface area (Å²) in [6, 6.07) is -1.29. The van der Waals surface area contributed by atoms with Crippen molar-refractivity contribution in [3.8, 4) is 0 Å². The number of aliphatic carboxylic acids is 1. The van der Waals surface area contributed by atoms with E-state index in [9.17, 15) is 14.7 Å². The van der Waals surface area contributed by atoms with E-state index in [0.717, 1.165) is 6.42 Å². The first-order chi connectivity index (χ1) is 8.50. The largest absolute Gasteiger partial charge is 0.480 e. The van der Waals surface area contributed by atoms with Crippen LogP contribution in [0.4, 0.5) is 4.79 Å². The molecule has 0 aromatic rings. The van der Waals surface area contributed by atoms with E-state index in [1.165, 1.54) is 9.80 Å². The molecule has 0 aromatic carbocycles. The van der Waals surface area contributed by atoms with E-state index >= 15 is 0 Å². The van der Waals surface area contributed by atoms with Crippen LogP contribution in [0.5, 0.6) is 0 Å². The highest BCUT2D eigenvalue weighted by Crippen LogP contribution is 2.21. The molecule has 0 saturated carbocycles. The maximum absolute atomic E-state index is 12.2. The molecule has 2 fully saturated rings. The van der Waals surface area contributed by atoms with Crippen LogP contribution in [0.1, 0.15) is 12.8 Å². The van der Waals surface area contributed by atoms with Crippen molar-refractivity contribution in [3.05, 3.63) is 0 Å². The molecule has 2 amide bonds. The summed E-state index contributed by atoms with van der Waals surface area (Å²) >= 11 is 0. The summed E-state index contributed by atoms with van der Waals surface area (Å²) in [5.41, 5.74) is 0. The highest BCUT2D eigenvalue weighted by Gasteiger charge is 2.41. The van der Waals surface area contributed by atoms with Gasteiger partial charge in [-0.25, -0.2) is 9.59 Å². The van der Waals surface area contributed by atoms with Crippen LogP contribution in [0.15, 0.2) is 0 Å². The molecule has 2 saturated heterocycles. The van der Waals surface area contributed by atoms with E-state index in [4.69, 9.17) is 9.84 Å². The van der Waals surface area contributed by atoms with Crippen LogP contribution in [-0.2, 0) is 9.53 Å². The van der Waals surface area contributed by atoms with Crippen LogP contribution in [0.2, 0.25) is 0 Å². The lowest BCUT2D eigenvalue weighted by Gasteiger charge is -2.30. The number of hydrogen-bond acceptors (Lipinski definition) is 4. The highest BCUT2D eigenvalue weighted by atomic mass is 16.5. The molecule has 0 aromatic heterocycles. The molecule has 18 heavy (non-hydrogen) atoms. The minimum absolute atomic E-state index is 0.00955.